The Morgan fingerprint density at radius 3 is 1.96 bits per heavy atom. The van der Waals surface area contributed by atoms with Gasteiger partial charge in [0.05, 0.1) is 46.2 Å². The molecule has 0 atom stereocenters. The van der Waals surface area contributed by atoms with Gasteiger partial charge in [-0.1, -0.05) is 17.7 Å². The maximum absolute atomic E-state index is 5.48. The number of rotatable bonds is 6. The number of methoxy groups -OCH3 is 3. The molecule has 0 aromatic heterocycles. The van der Waals surface area contributed by atoms with Crippen molar-refractivity contribution in [2.24, 2.45) is 5.10 Å². The molecule has 0 bridgehead atoms. The molecular weight excluding hydrogens is 342 g/mol. The maximum atomic E-state index is 5.48. The molecule has 1 aliphatic rings. The quantitative estimate of drug-likeness (QED) is 0.732. The van der Waals surface area contributed by atoms with Crippen LogP contribution in [0.3, 0.4) is 0 Å². The van der Waals surface area contributed by atoms with Crippen LogP contribution in [0.4, 0.5) is 5.69 Å². The van der Waals surface area contributed by atoms with Gasteiger partial charge in [0.25, 0.3) is 0 Å². The first-order chi connectivity index (χ1) is 13.1. The standard InChI is InChI=1S/C21H27N3O3/c1-16-5-7-17(8-6-16)23-9-11-24(12-10-23)22-15-19-20(26-3)13-18(25-2)14-21(19)27-4/h5-8,13-15H,9-12H2,1-4H3. The fourth-order valence-electron chi connectivity index (χ4n) is 3.12. The number of piperazine rings is 1. The van der Waals surface area contributed by atoms with Gasteiger partial charge in [0, 0.05) is 30.9 Å². The minimum Gasteiger partial charge on any atom is -0.496 e. The van der Waals surface area contributed by atoms with Crippen molar-refractivity contribution < 1.29 is 14.2 Å². The van der Waals surface area contributed by atoms with Gasteiger partial charge in [-0.15, -0.1) is 0 Å². The molecule has 0 unspecified atom stereocenters. The number of ether oxygens (including phenoxy) is 3. The molecule has 0 spiro atoms. The molecule has 2 aromatic carbocycles. The third-order valence-corrected chi connectivity index (χ3v) is 4.76. The third-order valence-electron chi connectivity index (χ3n) is 4.76. The van der Waals surface area contributed by atoms with Crippen molar-refractivity contribution >= 4 is 11.9 Å². The molecule has 0 radical (unpaired) electrons. The number of hydrazone groups is 1. The predicted octanol–water partition coefficient (Wildman–Crippen LogP) is 3.18. The lowest BCUT2D eigenvalue weighted by atomic mass is 10.2. The van der Waals surface area contributed by atoms with Gasteiger partial charge in [-0.3, -0.25) is 5.01 Å². The van der Waals surface area contributed by atoms with Crippen LogP contribution in [0.5, 0.6) is 17.2 Å². The van der Waals surface area contributed by atoms with Crippen molar-refractivity contribution in [2.75, 3.05) is 52.4 Å². The average molecular weight is 369 g/mol. The van der Waals surface area contributed by atoms with Crippen LogP contribution < -0.4 is 19.1 Å². The zero-order valence-corrected chi connectivity index (χ0v) is 16.4. The largest absolute Gasteiger partial charge is 0.496 e. The average Bonchev–Trinajstić information content (AvgIpc) is 2.72. The summed E-state index contributed by atoms with van der Waals surface area (Å²) in [4.78, 5) is 2.39. The van der Waals surface area contributed by atoms with E-state index in [-0.39, 0.29) is 0 Å². The van der Waals surface area contributed by atoms with Gasteiger partial charge in [-0.2, -0.15) is 5.10 Å². The molecular formula is C21H27N3O3. The van der Waals surface area contributed by atoms with E-state index in [4.69, 9.17) is 14.2 Å². The molecule has 0 N–H and O–H groups in total. The topological polar surface area (TPSA) is 46.5 Å². The molecule has 2 aromatic rings. The molecule has 0 amide bonds. The van der Waals surface area contributed by atoms with Gasteiger partial charge in [0.15, 0.2) is 0 Å². The Bertz CT molecular complexity index is 757. The van der Waals surface area contributed by atoms with Crippen LogP contribution in [-0.4, -0.2) is 58.7 Å². The summed E-state index contributed by atoms with van der Waals surface area (Å²) in [6.45, 7) is 5.73. The van der Waals surface area contributed by atoms with E-state index in [0.717, 1.165) is 31.7 Å². The smallest absolute Gasteiger partial charge is 0.135 e. The van der Waals surface area contributed by atoms with E-state index in [9.17, 15) is 0 Å². The molecule has 0 saturated carbocycles. The van der Waals surface area contributed by atoms with E-state index >= 15 is 0 Å². The zero-order chi connectivity index (χ0) is 19.2. The van der Waals surface area contributed by atoms with E-state index in [1.165, 1.54) is 11.3 Å². The normalized spacial score (nSPS) is 14.5. The number of aryl methyl sites for hydroxylation is 1. The van der Waals surface area contributed by atoms with Crippen molar-refractivity contribution in [3.63, 3.8) is 0 Å². The number of anilines is 1. The highest BCUT2D eigenvalue weighted by molar-refractivity contribution is 5.88. The Morgan fingerprint density at radius 1 is 0.852 bits per heavy atom. The van der Waals surface area contributed by atoms with Crippen LogP contribution >= 0.6 is 0 Å². The highest BCUT2D eigenvalue weighted by atomic mass is 16.5. The number of hydrogen-bond acceptors (Lipinski definition) is 6. The number of hydrogen-bond donors (Lipinski definition) is 0. The second-order valence-electron chi connectivity index (χ2n) is 6.47. The monoisotopic (exact) mass is 369 g/mol. The molecule has 1 heterocycles. The summed E-state index contributed by atoms with van der Waals surface area (Å²) in [5, 5.41) is 6.73. The van der Waals surface area contributed by atoms with Crippen LogP contribution in [0, 0.1) is 6.92 Å². The van der Waals surface area contributed by atoms with E-state index in [1.807, 2.05) is 12.1 Å². The van der Waals surface area contributed by atoms with Gasteiger partial charge in [-0.25, -0.2) is 0 Å². The van der Waals surface area contributed by atoms with Crippen LogP contribution in [0.15, 0.2) is 41.5 Å². The van der Waals surface area contributed by atoms with Crippen molar-refractivity contribution in [3.05, 3.63) is 47.5 Å². The summed E-state index contributed by atoms with van der Waals surface area (Å²) in [5.74, 6) is 2.04. The Labute approximate surface area is 160 Å². The summed E-state index contributed by atoms with van der Waals surface area (Å²) >= 11 is 0. The van der Waals surface area contributed by atoms with Crippen LogP contribution in [0.2, 0.25) is 0 Å². The summed E-state index contributed by atoms with van der Waals surface area (Å²) in [6.07, 6.45) is 1.80. The summed E-state index contributed by atoms with van der Waals surface area (Å²) in [6, 6.07) is 12.3. The van der Waals surface area contributed by atoms with Crippen LogP contribution in [-0.2, 0) is 0 Å². The van der Waals surface area contributed by atoms with Crippen LogP contribution in [0.1, 0.15) is 11.1 Å². The molecule has 1 saturated heterocycles. The fourth-order valence-corrected chi connectivity index (χ4v) is 3.12. The van der Waals surface area contributed by atoms with Gasteiger partial charge in [0.2, 0.25) is 0 Å². The lowest BCUT2D eigenvalue weighted by Gasteiger charge is -2.34. The van der Waals surface area contributed by atoms with E-state index in [1.54, 1.807) is 27.5 Å². The number of benzene rings is 2. The Balaban J connectivity index is 1.68. The first-order valence-corrected chi connectivity index (χ1v) is 9.05. The summed E-state index contributed by atoms with van der Waals surface area (Å²) in [7, 11) is 4.88. The third kappa shape index (κ3) is 4.45. The first kappa shape index (κ1) is 18.9. The van der Waals surface area contributed by atoms with E-state index in [0.29, 0.717) is 17.2 Å². The molecule has 1 aliphatic heterocycles. The minimum absolute atomic E-state index is 0.674. The molecule has 144 valence electrons. The molecule has 3 rings (SSSR count). The van der Waals surface area contributed by atoms with Crippen molar-refractivity contribution in [1.82, 2.24) is 5.01 Å². The minimum atomic E-state index is 0.674. The molecule has 1 fully saturated rings. The molecule has 0 aliphatic carbocycles. The second-order valence-corrected chi connectivity index (χ2v) is 6.47. The fraction of sp³-hybridized carbons (Fsp3) is 0.381. The second kappa shape index (κ2) is 8.66. The lowest BCUT2D eigenvalue weighted by Crippen LogP contribution is -2.44. The van der Waals surface area contributed by atoms with Gasteiger partial charge in [-0.05, 0) is 19.1 Å². The molecule has 6 nitrogen and oxygen atoms in total. The van der Waals surface area contributed by atoms with Gasteiger partial charge < -0.3 is 19.1 Å². The Hall–Kier alpha value is -2.89. The van der Waals surface area contributed by atoms with E-state index < -0.39 is 0 Å². The summed E-state index contributed by atoms with van der Waals surface area (Å²) in [5.41, 5.74) is 3.36. The molecule has 27 heavy (non-hydrogen) atoms. The van der Waals surface area contributed by atoms with Crippen molar-refractivity contribution in [1.29, 1.82) is 0 Å². The van der Waals surface area contributed by atoms with Gasteiger partial charge in [0.1, 0.15) is 17.2 Å². The van der Waals surface area contributed by atoms with E-state index in [2.05, 4.69) is 46.2 Å². The highest BCUT2D eigenvalue weighted by Gasteiger charge is 2.17. The van der Waals surface area contributed by atoms with Gasteiger partial charge >= 0.3 is 0 Å². The lowest BCUT2D eigenvalue weighted by molar-refractivity contribution is 0.272. The predicted molar refractivity (Wildman–Crippen MR) is 109 cm³/mol. The maximum Gasteiger partial charge on any atom is 0.135 e. The van der Waals surface area contributed by atoms with Crippen LogP contribution in [0.25, 0.3) is 0 Å². The zero-order valence-electron chi connectivity index (χ0n) is 16.4. The van der Waals surface area contributed by atoms with Crippen molar-refractivity contribution in [3.8, 4) is 17.2 Å². The SMILES string of the molecule is COc1cc(OC)c(C=NN2CCN(c3ccc(C)cc3)CC2)c(OC)c1. The number of nitrogens with zero attached hydrogens (tertiary/aromatic N) is 3. The Kier molecular flexibility index (Phi) is 6.06. The highest BCUT2D eigenvalue weighted by Crippen LogP contribution is 2.32. The Morgan fingerprint density at radius 2 is 1.44 bits per heavy atom. The summed E-state index contributed by atoms with van der Waals surface area (Å²) < 4.78 is 16.2. The van der Waals surface area contributed by atoms with Crippen molar-refractivity contribution in [2.45, 2.75) is 6.92 Å². The first-order valence-electron chi connectivity index (χ1n) is 9.05. The molecule has 6 heteroatoms.